The lowest BCUT2D eigenvalue weighted by atomic mass is 10.0. The molecule has 2 aliphatic rings. The largest absolute Gasteiger partial charge is 0.339 e. The van der Waals surface area contributed by atoms with Crippen LogP contribution in [0.2, 0.25) is 0 Å². The highest BCUT2D eigenvalue weighted by atomic mass is 32.2. The van der Waals surface area contributed by atoms with Crippen molar-refractivity contribution in [2.45, 2.75) is 56.5 Å². The van der Waals surface area contributed by atoms with E-state index in [9.17, 15) is 13.2 Å². The summed E-state index contributed by atoms with van der Waals surface area (Å²) >= 11 is 0. The molecule has 6 nitrogen and oxygen atoms in total. The Morgan fingerprint density at radius 3 is 2.50 bits per heavy atom. The zero-order valence-electron chi connectivity index (χ0n) is 15.6. The molecule has 1 saturated heterocycles. The van der Waals surface area contributed by atoms with Crippen LogP contribution in [0.25, 0.3) is 0 Å². The van der Waals surface area contributed by atoms with E-state index in [1.165, 1.54) is 25.0 Å². The van der Waals surface area contributed by atoms with Gasteiger partial charge in [0.05, 0.1) is 4.90 Å². The molecular weight excluding hydrogens is 350 g/mol. The molecular formula is C19H29N3O3S. The molecule has 0 spiro atoms. The Kier molecular flexibility index (Phi) is 5.99. The van der Waals surface area contributed by atoms with Crippen LogP contribution in [0.5, 0.6) is 0 Å². The fraction of sp³-hybridized carbons (Fsp3) is 0.632. The Morgan fingerprint density at radius 2 is 1.88 bits per heavy atom. The van der Waals surface area contributed by atoms with Crippen LogP contribution in [-0.4, -0.2) is 50.9 Å². The Balaban J connectivity index is 1.60. The lowest BCUT2D eigenvalue weighted by molar-refractivity contribution is 0.0704. The maximum atomic E-state index is 12.8. The second kappa shape index (κ2) is 8.06. The van der Waals surface area contributed by atoms with E-state index in [-0.39, 0.29) is 16.8 Å². The monoisotopic (exact) mass is 379 g/mol. The molecule has 1 aliphatic carbocycles. The van der Waals surface area contributed by atoms with Crippen molar-refractivity contribution >= 4 is 15.9 Å². The molecule has 0 unspecified atom stereocenters. The summed E-state index contributed by atoms with van der Waals surface area (Å²) in [6, 6.07) is 6.61. The molecule has 2 N–H and O–H groups in total. The van der Waals surface area contributed by atoms with Gasteiger partial charge in [-0.25, -0.2) is 13.1 Å². The first-order chi connectivity index (χ1) is 12.3. The van der Waals surface area contributed by atoms with Gasteiger partial charge in [-0.2, -0.15) is 0 Å². The number of rotatable bonds is 7. The number of hydrogen-bond donors (Lipinski definition) is 2. The highest BCUT2D eigenvalue weighted by Gasteiger charge is 2.27. The second-order valence-electron chi connectivity index (χ2n) is 7.72. The third-order valence-electron chi connectivity index (χ3n) is 4.96. The van der Waals surface area contributed by atoms with Gasteiger partial charge in [0.1, 0.15) is 0 Å². The van der Waals surface area contributed by atoms with E-state index in [0.717, 1.165) is 25.3 Å². The summed E-state index contributed by atoms with van der Waals surface area (Å²) in [7, 11) is -3.60. The molecule has 0 aromatic heterocycles. The molecule has 0 atom stereocenters. The fourth-order valence-corrected chi connectivity index (χ4v) is 4.60. The van der Waals surface area contributed by atoms with Gasteiger partial charge in [-0.1, -0.05) is 6.07 Å². The molecule has 0 bridgehead atoms. The normalized spacial score (nSPS) is 19.1. The molecule has 1 saturated carbocycles. The number of sulfonamides is 1. The highest BCUT2D eigenvalue weighted by Crippen LogP contribution is 2.28. The maximum Gasteiger partial charge on any atom is 0.253 e. The average molecular weight is 380 g/mol. The van der Waals surface area contributed by atoms with E-state index in [1.807, 2.05) is 4.90 Å². The summed E-state index contributed by atoms with van der Waals surface area (Å²) in [6.07, 6.45) is 4.58. The minimum Gasteiger partial charge on any atom is -0.339 e. The van der Waals surface area contributed by atoms with Crippen molar-refractivity contribution in [1.29, 1.82) is 0 Å². The molecule has 0 radical (unpaired) electrons. The molecule has 1 aromatic rings. The predicted molar refractivity (Wildman–Crippen MR) is 102 cm³/mol. The number of likely N-dealkylation sites (tertiary alicyclic amines) is 1. The first-order valence-corrected chi connectivity index (χ1v) is 11.0. The summed E-state index contributed by atoms with van der Waals surface area (Å²) in [5.74, 6) is 0.769. The summed E-state index contributed by atoms with van der Waals surface area (Å²) < 4.78 is 27.2. The maximum absolute atomic E-state index is 12.8. The first-order valence-electron chi connectivity index (χ1n) is 9.50. The Hall–Kier alpha value is -1.44. The van der Waals surface area contributed by atoms with Crippen LogP contribution in [-0.2, 0) is 10.0 Å². The summed E-state index contributed by atoms with van der Waals surface area (Å²) in [5.41, 5.74) is 0.432. The van der Waals surface area contributed by atoms with Gasteiger partial charge in [-0.3, -0.25) is 4.79 Å². The third-order valence-corrected chi connectivity index (χ3v) is 6.61. The zero-order chi connectivity index (χ0) is 18.7. The van der Waals surface area contributed by atoms with Gasteiger partial charge in [0.2, 0.25) is 10.0 Å². The van der Waals surface area contributed by atoms with Crippen molar-refractivity contribution in [3.63, 3.8) is 0 Å². The number of carbonyl (C=O) groups is 1. The summed E-state index contributed by atoms with van der Waals surface area (Å²) in [6.45, 7) is 6.06. The SMILES string of the molecule is CC(C)NS(=O)(=O)c1cccc(C(=O)N2CCC(NCC3CC3)CC2)c1. The molecule has 1 amide bonds. The van der Waals surface area contributed by atoms with Crippen LogP contribution in [0.1, 0.15) is 49.9 Å². The predicted octanol–water partition coefficient (Wildman–Crippen LogP) is 1.98. The van der Waals surface area contributed by atoms with E-state index in [1.54, 1.807) is 26.0 Å². The van der Waals surface area contributed by atoms with Gasteiger partial charge in [-0.15, -0.1) is 0 Å². The van der Waals surface area contributed by atoms with Crippen LogP contribution < -0.4 is 10.0 Å². The molecule has 26 heavy (non-hydrogen) atoms. The second-order valence-corrected chi connectivity index (χ2v) is 9.44. The van der Waals surface area contributed by atoms with Crippen molar-refractivity contribution in [1.82, 2.24) is 14.9 Å². The number of piperidine rings is 1. The van der Waals surface area contributed by atoms with E-state index in [2.05, 4.69) is 10.0 Å². The number of nitrogens with one attached hydrogen (secondary N) is 2. The van der Waals surface area contributed by atoms with E-state index in [0.29, 0.717) is 24.7 Å². The number of nitrogens with zero attached hydrogens (tertiary/aromatic N) is 1. The minimum atomic E-state index is -3.60. The first kappa shape index (κ1) is 19.3. The van der Waals surface area contributed by atoms with Crippen LogP contribution >= 0.6 is 0 Å². The lowest BCUT2D eigenvalue weighted by Crippen LogP contribution is -2.45. The minimum absolute atomic E-state index is 0.0905. The fourth-order valence-electron chi connectivity index (χ4n) is 3.30. The van der Waals surface area contributed by atoms with Gasteiger partial charge >= 0.3 is 0 Å². The third kappa shape index (κ3) is 5.05. The Labute approximate surface area is 156 Å². The topological polar surface area (TPSA) is 78.5 Å². The van der Waals surface area contributed by atoms with Crippen molar-refractivity contribution in [2.75, 3.05) is 19.6 Å². The summed E-state index contributed by atoms with van der Waals surface area (Å²) in [5, 5.41) is 3.60. The molecule has 144 valence electrons. The molecule has 3 rings (SSSR count). The van der Waals surface area contributed by atoms with E-state index < -0.39 is 10.0 Å². The number of hydrogen-bond acceptors (Lipinski definition) is 4. The highest BCUT2D eigenvalue weighted by molar-refractivity contribution is 7.89. The van der Waals surface area contributed by atoms with Crippen LogP contribution in [0.3, 0.4) is 0 Å². The van der Waals surface area contributed by atoms with Crippen molar-refractivity contribution in [3.8, 4) is 0 Å². The molecule has 7 heteroatoms. The molecule has 2 fully saturated rings. The van der Waals surface area contributed by atoms with Crippen molar-refractivity contribution in [3.05, 3.63) is 29.8 Å². The van der Waals surface area contributed by atoms with Crippen molar-refractivity contribution in [2.24, 2.45) is 5.92 Å². The standard InChI is InChI=1S/C19H29N3O3S/c1-14(2)21-26(24,25)18-5-3-4-16(12-18)19(23)22-10-8-17(9-11-22)20-13-15-6-7-15/h3-5,12,14-15,17,20-21H,6-11,13H2,1-2H3. The van der Waals surface area contributed by atoms with Gasteiger partial charge in [0.15, 0.2) is 0 Å². The molecule has 1 aromatic carbocycles. The van der Waals surface area contributed by atoms with Crippen LogP contribution in [0.15, 0.2) is 29.2 Å². The Bertz CT molecular complexity index is 736. The van der Waals surface area contributed by atoms with E-state index in [4.69, 9.17) is 0 Å². The van der Waals surface area contributed by atoms with Crippen LogP contribution in [0, 0.1) is 5.92 Å². The Morgan fingerprint density at radius 1 is 1.19 bits per heavy atom. The van der Waals surface area contributed by atoms with Crippen LogP contribution in [0.4, 0.5) is 0 Å². The van der Waals surface area contributed by atoms with Gasteiger partial charge < -0.3 is 10.2 Å². The number of benzene rings is 1. The lowest BCUT2D eigenvalue weighted by Gasteiger charge is -2.32. The smallest absolute Gasteiger partial charge is 0.253 e. The summed E-state index contributed by atoms with van der Waals surface area (Å²) in [4.78, 5) is 14.7. The number of carbonyl (C=O) groups excluding carboxylic acids is 1. The van der Waals surface area contributed by atoms with Gasteiger partial charge in [-0.05, 0) is 70.2 Å². The molecule has 1 heterocycles. The molecule has 1 aliphatic heterocycles. The quantitative estimate of drug-likeness (QED) is 0.759. The number of amides is 1. The van der Waals surface area contributed by atoms with Crippen molar-refractivity contribution < 1.29 is 13.2 Å². The zero-order valence-corrected chi connectivity index (χ0v) is 16.4. The van der Waals surface area contributed by atoms with E-state index >= 15 is 0 Å². The van der Waals surface area contributed by atoms with Gasteiger partial charge in [0, 0.05) is 30.7 Å². The van der Waals surface area contributed by atoms with Gasteiger partial charge in [0.25, 0.3) is 5.91 Å². The average Bonchev–Trinajstić information content (AvgIpc) is 3.43.